The number of aromatic amines is 1. The van der Waals surface area contributed by atoms with Crippen molar-refractivity contribution in [2.75, 3.05) is 19.0 Å². The third kappa shape index (κ3) is 2.79. The van der Waals surface area contributed by atoms with Gasteiger partial charge in [-0.1, -0.05) is 12.9 Å². The third-order valence-corrected chi connectivity index (χ3v) is 3.16. The Kier molecular flexibility index (Phi) is 3.06. The quantitative estimate of drug-likeness (QED) is 0.886. The number of nitrogens with one attached hydrogen (secondary N) is 1. The van der Waals surface area contributed by atoms with Crippen molar-refractivity contribution >= 4 is 5.95 Å². The summed E-state index contributed by atoms with van der Waals surface area (Å²) in [5, 5.41) is 0. The molecule has 0 radical (unpaired) electrons. The van der Waals surface area contributed by atoms with E-state index in [1.54, 1.807) is 14.1 Å². The van der Waals surface area contributed by atoms with Crippen LogP contribution in [0.4, 0.5) is 14.7 Å². The third-order valence-electron chi connectivity index (χ3n) is 3.16. The van der Waals surface area contributed by atoms with E-state index in [4.69, 9.17) is 4.11 Å². The number of hydrogen-bond donors (Lipinski definition) is 1. The van der Waals surface area contributed by atoms with Crippen LogP contribution >= 0.6 is 0 Å². The van der Waals surface area contributed by atoms with Crippen molar-refractivity contribution in [3.63, 3.8) is 0 Å². The molecular weight excluding hydrogens is 277 g/mol. The van der Waals surface area contributed by atoms with Gasteiger partial charge in [-0.2, -0.15) is 0 Å². The predicted molar refractivity (Wildman–Crippen MR) is 77.8 cm³/mol. The summed E-state index contributed by atoms with van der Waals surface area (Å²) in [6.45, 7) is -1.42. The summed E-state index contributed by atoms with van der Waals surface area (Å²) in [6.07, 6.45) is 0. The van der Waals surface area contributed by atoms with E-state index in [1.165, 1.54) is 11.8 Å². The zero-order valence-electron chi connectivity index (χ0n) is 14.9. The van der Waals surface area contributed by atoms with Gasteiger partial charge in [-0.15, -0.1) is 0 Å². The van der Waals surface area contributed by atoms with Crippen molar-refractivity contribution in [2.24, 2.45) is 0 Å². The summed E-state index contributed by atoms with van der Waals surface area (Å²) >= 11 is 0. The Morgan fingerprint density at radius 2 is 1.95 bits per heavy atom. The molecule has 2 aromatic rings. The zero-order valence-corrected chi connectivity index (χ0v) is 11.9. The van der Waals surface area contributed by atoms with E-state index < -0.39 is 35.5 Å². The lowest BCUT2D eigenvalue weighted by atomic mass is 9.98. The van der Waals surface area contributed by atoms with E-state index in [1.807, 2.05) is 0 Å². The fourth-order valence-corrected chi connectivity index (χ4v) is 1.95. The number of benzene rings is 1. The van der Waals surface area contributed by atoms with Gasteiger partial charge in [0.15, 0.2) is 0 Å². The molecule has 6 heteroatoms. The number of anilines is 1. The van der Waals surface area contributed by atoms with E-state index in [0.29, 0.717) is 0 Å². The van der Waals surface area contributed by atoms with Crippen LogP contribution in [0.15, 0.2) is 23.0 Å². The van der Waals surface area contributed by atoms with Gasteiger partial charge in [0.05, 0.1) is 5.69 Å². The van der Waals surface area contributed by atoms with Crippen LogP contribution in [-0.4, -0.2) is 24.1 Å². The monoisotopic (exact) mass is 297 g/mol. The lowest BCUT2D eigenvalue weighted by Crippen LogP contribution is -2.23. The van der Waals surface area contributed by atoms with Crippen molar-refractivity contribution in [3.05, 3.63) is 57.0 Å². The molecule has 0 bridgehead atoms. The molecule has 0 fully saturated rings. The molecule has 21 heavy (non-hydrogen) atoms. The van der Waals surface area contributed by atoms with Crippen molar-refractivity contribution in [2.45, 2.75) is 19.7 Å². The number of nitrogens with zero attached hydrogens (tertiary/aromatic N) is 2. The van der Waals surface area contributed by atoms with E-state index in [9.17, 15) is 13.6 Å². The van der Waals surface area contributed by atoms with E-state index in [0.717, 1.165) is 18.2 Å². The molecule has 1 unspecified atom stereocenters. The topological polar surface area (TPSA) is 49.0 Å². The minimum atomic E-state index is -2.79. The van der Waals surface area contributed by atoms with Crippen LogP contribution in [0.25, 0.3) is 0 Å². The highest BCUT2D eigenvalue weighted by molar-refractivity contribution is 5.37. The molecule has 0 aliphatic carbocycles. The van der Waals surface area contributed by atoms with E-state index >= 15 is 0 Å². The molecule has 4 nitrogen and oxygen atoms in total. The van der Waals surface area contributed by atoms with Crippen LogP contribution in [0.5, 0.6) is 0 Å². The van der Waals surface area contributed by atoms with Gasteiger partial charge in [0.25, 0.3) is 5.56 Å². The van der Waals surface area contributed by atoms with E-state index in [-0.39, 0.29) is 17.2 Å². The maximum atomic E-state index is 14.2. The SMILES string of the molecule is [2H][13C]([2H])([2H])C(c1nc(N(C)C)[nH]c(=O)c1C)c1c(F)cccc1F. The van der Waals surface area contributed by atoms with Gasteiger partial charge in [0.1, 0.15) is 11.6 Å². The summed E-state index contributed by atoms with van der Waals surface area (Å²) in [5.74, 6) is -3.58. The smallest absolute Gasteiger partial charge is 0.255 e. The second-order valence-electron chi connectivity index (χ2n) is 4.86. The van der Waals surface area contributed by atoms with Gasteiger partial charge >= 0.3 is 0 Å². The van der Waals surface area contributed by atoms with Crippen LogP contribution in [0.2, 0.25) is 0 Å². The molecule has 0 aliphatic rings. The lowest BCUT2D eigenvalue weighted by molar-refractivity contribution is 0.544. The fourth-order valence-electron chi connectivity index (χ4n) is 1.95. The van der Waals surface area contributed by atoms with Gasteiger partial charge in [0.2, 0.25) is 5.95 Å². The average Bonchev–Trinajstić information content (AvgIpc) is 2.45. The molecule has 0 saturated carbocycles. The van der Waals surface area contributed by atoms with Gasteiger partial charge in [-0.3, -0.25) is 9.78 Å². The first-order chi connectivity index (χ1) is 11.0. The van der Waals surface area contributed by atoms with Gasteiger partial charge in [0, 0.05) is 35.3 Å². The molecule has 0 spiro atoms. The highest BCUT2D eigenvalue weighted by Gasteiger charge is 2.22. The van der Waals surface area contributed by atoms with E-state index in [2.05, 4.69) is 9.97 Å². The zero-order chi connectivity index (χ0) is 18.2. The minimum absolute atomic E-state index is 0.00405. The second kappa shape index (κ2) is 5.63. The first-order valence-electron chi connectivity index (χ1n) is 7.76. The highest BCUT2D eigenvalue weighted by Crippen LogP contribution is 2.28. The van der Waals surface area contributed by atoms with Crippen LogP contribution in [-0.2, 0) is 0 Å². The van der Waals surface area contributed by atoms with Crippen molar-refractivity contribution < 1.29 is 12.9 Å². The molecule has 0 aliphatic heterocycles. The number of H-pyrrole nitrogens is 1. The van der Waals surface area contributed by atoms with Crippen molar-refractivity contribution in [1.29, 1.82) is 0 Å². The summed E-state index contributed by atoms with van der Waals surface area (Å²) < 4.78 is 51.6. The Balaban J connectivity index is 2.83. The van der Waals surface area contributed by atoms with Crippen LogP contribution < -0.4 is 10.5 Å². The van der Waals surface area contributed by atoms with Gasteiger partial charge in [-0.05, 0) is 19.1 Å². The molecule has 1 aromatic heterocycles. The van der Waals surface area contributed by atoms with Gasteiger partial charge in [-0.25, -0.2) is 13.8 Å². The Bertz CT molecular complexity index is 798. The van der Waals surface area contributed by atoms with Crippen LogP contribution in [0, 0.1) is 18.6 Å². The number of hydrogen-bond acceptors (Lipinski definition) is 3. The summed E-state index contributed by atoms with van der Waals surface area (Å²) in [4.78, 5) is 20.2. The Morgan fingerprint density at radius 1 is 1.33 bits per heavy atom. The molecule has 112 valence electrons. The van der Waals surface area contributed by atoms with Crippen LogP contribution in [0.1, 0.15) is 33.7 Å². The largest absolute Gasteiger partial charge is 0.348 e. The fraction of sp³-hybridized carbons (Fsp3) is 0.333. The molecule has 0 amide bonds. The standard InChI is InChI=1S/C15H17F2N3O/c1-8(12-10(16)6-5-7-11(12)17)13-9(2)14(21)19-15(18-13)20(3)4/h5-8H,1-4H3,(H,18,19,21)/i1+1D3. The highest BCUT2D eigenvalue weighted by atomic mass is 19.1. The molecule has 1 heterocycles. The summed E-state index contributed by atoms with van der Waals surface area (Å²) in [6, 6.07) is 3.10. The van der Waals surface area contributed by atoms with Crippen molar-refractivity contribution in [1.82, 2.24) is 9.97 Å². The van der Waals surface area contributed by atoms with Gasteiger partial charge < -0.3 is 4.90 Å². The summed E-state index contributed by atoms with van der Waals surface area (Å²) in [7, 11) is 3.21. The molecule has 1 N–H and O–H groups in total. The first-order valence-corrected chi connectivity index (χ1v) is 6.26. The molecule has 0 saturated heterocycles. The first kappa shape index (κ1) is 11.4. The predicted octanol–water partition coefficient (Wildman–Crippen LogP) is 2.57. The lowest BCUT2D eigenvalue weighted by Gasteiger charge is -2.18. The Labute approximate surface area is 125 Å². The minimum Gasteiger partial charge on any atom is -0.348 e. The maximum absolute atomic E-state index is 14.2. The van der Waals surface area contributed by atoms with Crippen molar-refractivity contribution in [3.8, 4) is 0 Å². The number of halogens is 2. The maximum Gasteiger partial charge on any atom is 0.255 e. The second-order valence-corrected chi connectivity index (χ2v) is 4.86. The summed E-state index contributed by atoms with van der Waals surface area (Å²) in [5.41, 5.74) is -1.35. The normalized spacial score (nSPS) is 15.0. The Morgan fingerprint density at radius 3 is 2.48 bits per heavy atom. The number of aromatic nitrogens is 2. The molecule has 1 aromatic carbocycles. The molecular formula is C15H17F2N3O. The number of rotatable bonds is 3. The molecule has 1 atom stereocenters. The average molecular weight is 297 g/mol. The van der Waals surface area contributed by atoms with Crippen LogP contribution in [0.3, 0.4) is 0 Å². The Hall–Kier alpha value is -2.24. The molecule has 2 rings (SSSR count).